The molecule has 0 radical (unpaired) electrons. The number of aliphatic carboxylic acids is 1. The van der Waals surface area contributed by atoms with Gasteiger partial charge in [0.25, 0.3) is 0 Å². The van der Waals surface area contributed by atoms with Crippen molar-refractivity contribution in [3.63, 3.8) is 0 Å². The van der Waals surface area contributed by atoms with Crippen molar-refractivity contribution in [2.24, 2.45) is 0 Å². The lowest BCUT2D eigenvalue weighted by Gasteiger charge is -1.98. The second kappa shape index (κ2) is 4.77. The van der Waals surface area contributed by atoms with Crippen LogP contribution >= 0.6 is 11.3 Å². The summed E-state index contributed by atoms with van der Waals surface area (Å²) in [5, 5.41) is 10.6. The number of carboxylic acid groups (broad SMARTS) is 1. The number of rotatable bonds is 3. The van der Waals surface area contributed by atoms with Crippen LogP contribution in [0.2, 0.25) is 0 Å². The number of hydrogen-bond acceptors (Lipinski definition) is 2. The quantitative estimate of drug-likeness (QED) is 0.819. The fourth-order valence-electron chi connectivity index (χ4n) is 1.41. The zero-order valence-corrected chi connectivity index (χ0v) is 9.28. The Labute approximate surface area is 97.5 Å². The Bertz CT molecular complexity index is 512. The van der Waals surface area contributed by atoms with E-state index < -0.39 is 5.97 Å². The Morgan fingerprint density at radius 1 is 1.25 bits per heavy atom. The molecule has 0 amide bonds. The van der Waals surface area contributed by atoms with E-state index in [0.29, 0.717) is 0 Å². The van der Waals surface area contributed by atoms with Crippen LogP contribution in [0, 0.1) is 0 Å². The summed E-state index contributed by atoms with van der Waals surface area (Å²) in [5.41, 5.74) is 2.01. The van der Waals surface area contributed by atoms with Crippen LogP contribution in [0.25, 0.3) is 16.5 Å². The van der Waals surface area contributed by atoms with E-state index in [9.17, 15) is 4.79 Å². The van der Waals surface area contributed by atoms with Crippen LogP contribution in [0.3, 0.4) is 0 Å². The van der Waals surface area contributed by atoms with Crippen LogP contribution < -0.4 is 0 Å². The zero-order valence-electron chi connectivity index (χ0n) is 8.46. The molecule has 1 aromatic carbocycles. The molecule has 0 aliphatic heterocycles. The Morgan fingerprint density at radius 2 is 2.12 bits per heavy atom. The summed E-state index contributed by atoms with van der Waals surface area (Å²) in [4.78, 5) is 11.6. The number of thiophene rings is 1. The Balaban J connectivity index is 2.30. The molecule has 2 aromatic rings. The fourth-order valence-corrected chi connectivity index (χ4v) is 2.13. The van der Waals surface area contributed by atoms with Crippen LogP contribution in [0.1, 0.15) is 5.56 Å². The zero-order chi connectivity index (χ0) is 11.4. The molecule has 80 valence electrons. The maximum absolute atomic E-state index is 10.4. The van der Waals surface area contributed by atoms with Crippen LogP contribution in [-0.4, -0.2) is 11.1 Å². The molecular formula is C13H10O2S. The Morgan fingerprint density at radius 3 is 2.81 bits per heavy atom. The topological polar surface area (TPSA) is 37.3 Å². The second-order valence-corrected chi connectivity index (χ2v) is 4.22. The number of carboxylic acids is 1. The standard InChI is InChI=1S/C13H10O2S/c14-13(15)7-6-10-3-1-4-11(9-10)12-5-2-8-16-12/h1-9H,(H,14,15). The van der Waals surface area contributed by atoms with Gasteiger partial charge in [0.15, 0.2) is 0 Å². The highest BCUT2D eigenvalue weighted by atomic mass is 32.1. The molecule has 2 nitrogen and oxygen atoms in total. The molecule has 2 rings (SSSR count). The van der Waals surface area contributed by atoms with Crippen LogP contribution in [-0.2, 0) is 4.79 Å². The summed E-state index contributed by atoms with van der Waals surface area (Å²) in [6.07, 6.45) is 2.74. The van der Waals surface area contributed by atoms with Crippen molar-refractivity contribution in [3.8, 4) is 10.4 Å². The molecule has 0 aliphatic carbocycles. The third kappa shape index (κ3) is 2.58. The summed E-state index contributed by atoms with van der Waals surface area (Å²) in [6, 6.07) is 11.9. The van der Waals surface area contributed by atoms with Crippen molar-refractivity contribution in [2.45, 2.75) is 0 Å². The second-order valence-electron chi connectivity index (χ2n) is 3.27. The predicted molar refractivity (Wildman–Crippen MR) is 66.4 cm³/mol. The third-order valence-corrected chi connectivity index (χ3v) is 3.03. The minimum absolute atomic E-state index is 0.897. The summed E-state index contributed by atoms with van der Waals surface area (Å²) >= 11 is 1.67. The summed E-state index contributed by atoms with van der Waals surface area (Å²) in [5.74, 6) is -0.929. The van der Waals surface area contributed by atoms with E-state index >= 15 is 0 Å². The van der Waals surface area contributed by atoms with Crippen LogP contribution in [0.5, 0.6) is 0 Å². The minimum atomic E-state index is -0.929. The molecule has 0 atom stereocenters. The van der Waals surface area contributed by atoms with Gasteiger partial charge in [0.1, 0.15) is 0 Å². The van der Waals surface area contributed by atoms with Gasteiger partial charge in [0.2, 0.25) is 0 Å². The number of benzene rings is 1. The fraction of sp³-hybridized carbons (Fsp3) is 0. The van der Waals surface area contributed by atoms with Gasteiger partial charge in [-0.15, -0.1) is 11.3 Å². The SMILES string of the molecule is O=C(O)C=Cc1cccc(-c2cccs2)c1. The van der Waals surface area contributed by atoms with Gasteiger partial charge >= 0.3 is 5.97 Å². The lowest BCUT2D eigenvalue weighted by molar-refractivity contribution is -0.131. The lowest BCUT2D eigenvalue weighted by atomic mass is 10.1. The molecule has 3 heteroatoms. The molecule has 0 spiro atoms. The van der Waals surface area contributed by atoms with Crippen molar-refractivity contribution in [1.29, 1.82) is 0 Å². The first-order valence-electron chi connectivity index (χ1n) is 4.80. The number of carbonyl (C=O) groups is 1. The Hall–Kier alpha value is -1.87. The van der Waals surface area contributed by atoms with E-state index in [1.54, 1.807) is 17.4 Å². The molecule has 0 unspecified atom stereocenters. The maximum Gasteiger partial charge on any atom is 0.328 e. The van der Waals surface area contributed by atoms with Crippen molar-refractivity contribution >= 4 is 23.4 Å². The largest absolute Gasteiger partial charge is 0.478 e. The first-order valence-corrected chi connectivity index (χ1v) is 5.68. The molecule has 0 saturated heterocycles. The third-order valence-electron chi connectivity index (χ3n) is 2.11. The van der Waals surface area contributed by atoms with E-state index in [1.165, 1.54) is 4.88 Å². The average Bonchev–Trinajstić information content (AvgIpc) is 2.80. The van der Waals surface area contributed by atoms with Gasteiger partial charge in [-0.05, 0) is 34.7 Å². The minimum Gasteiger partial charge on any atom is -0.478 e. The molecule has 0 saturated carbocycles. The monoisotopic (exact) mass is 230 g/mol. The van der Waals surface area contributed by atoms with Gasteiger partial charge in [-0.1, -0.05) is 24.3 Å². The van der Waals surface area contributed by atoms with Gasteiger partial charge in [0, 0.05) is 11.0 Å². The van der Waals surface area contributed by atoms with Crippen LogP contribution in [0.15, 0.2) is 47.9 Å². The van der Waals surface area contributed by atoms with Crippen molar-refractivity contribution < 1.29 is 9.90 Å². The molecule has 0 fully saturated rings. The van der Waals surface area contributed by atoms with Gasteiger partial charge in [-0.25, -0.2) is 4.79 Å². The molecule has 1 heterocycles. The predicted octanol–water partition coefficient (Wildman–Crippen LogP) is 3.51. The summed E-state index contributed by atoms with van der Waals surface area (Å²) in [6.45, 7) is 0. The molecule has 0 aliphatic rings. The molecular weight excluding hydrogens is 220 g/mol. The van der Waals surface area contributed by atoms with E-state index in [1.807, 2.05) is 41.8 Å². The Kier molecular flexibility index (Phi) is 3.17. The van der Waals surface area contributed by atoms with Gasteiger partial charge in [0.05, 0.1) is 0 Å². The molecule has 16 heavy (non-hydrogen) atoms. The molecule has 1 aromatic heterocycles. The van der Waals surface area contributed by atoms with Gasteiger partial charge in [-0.2, -0.15) is 0 Å². The summed E-state index contributed by atoms with van der Waals surface area (Å²) < 4.78 is 0. The maximum atomic E-state index is 10.4. The van der Waals surface area contributed by atoms with Crippen molar-refractivity contribution in [1.82, 2.24) is 0 Å². The van der Waals surface area contributed by atoms with Gasteiger partial charge < -0.3 is 5.11 Å². The van der Waals surface area contributed by atoms with Crippen LogP contribution in [0.4, 0.5) is 0 Å². The highest BCUT2D eigenvalue weighted by molar-refractivity contribution is 7.13. The lowest BCUT2D eigenvalue weighted by Crippen LogP contribution is -1.85. The van der Waals surface area contributed by atoms with Gasteiger partial charge in [-0.3, -0.25) is 0 Å². The van der Waals surface area contributed by atoms with E-state index in [2.05, 4.69) is 0 Å². The highest BCUT2D eigenvalue weighted by Crippen LogP contribution is 2.25. The molecule has 1 N–H and O–H groups in total. The van der Waals surface area contributed by atoms with Crippen molar-refractivity contribution in [2.75, 3.05) is 0 Å². The smallest absolute Gasteiger partial charge is 0.328 e. The number of hydrogen-bond donors (Lipinski definition) is 1. The van der Waals surface area contributed by atoms with Crippen molar-refractivity contribution in [3.05, 3.63) is 53.4 Å². The molecule has 0 bridgehead atoms. The van der Waals surface area contributed by atoms with E-state index in [0.717, 1.165) is 17.2 Å². The highest BCUT2D eigenvalue weighted by Gasteiger charge is 1.98. The first-order chi connectivity index (χ1) is 7.75. The van der Waals surface area contributed by atoms with E-state index in [4.69, 9.17) is 5.11 Å². The normalized spacial score (nSPS) is 10.8. The average molecular weight is 230 g/mol. The first kappa shape index (κ1) is 10.6. The van der Waals surface area contributed by atoms with E-state index in [-0.39, 0.29) is 0 Å². The summed E-state index contributed by atoms with van der Waals surface area (Å²) in [7, 11) is 0.